The van der Waals surface area contributed by atoms with Crippen molar-refractivity contribution in [3.63, 3.8) is 0 Å². The van der Waals surface area contributed by atoms with Gasteiger partial charge in [0.1, 0.15) is 0 Å². The van der Waals surface area contributed by atoms with Crippen molar-refractivity contribution in [1.82, 2.24) is 5.32 Å². The second kappa shape index (κ2) is 2.64. The summed E-state index contributed by atoms with van der Waals surface area (Å²) < 4.78 is 0. The van der Waals surface area contributed by atoms with E-state index in [4.69, 9.17) is 11.6 Å². The maximum Gasteiger partial charge on any atom is 0.256 e. The molecule has 1 aliphatic heterocycles. The van der Waals surface area contributed by atoms with Crippen LogP contribution in [0.15, 0.2) is 29.8 Å². The van der Waals surface area contributed by atoms with Crippen molar-refractivity contribution in [2.75, 3.05) is 0 Å². The molecule has 0 spiro atoms. The molecule has 1 aliphatic rings. The maximum atomic E-state index is 11.2. The van der Waals surface area contributed by atoms with E-state index in [2.05, 4.69) is 5.32 Å². The first-order chi connectivity index (χ1) is 5.83. The molecule has 0 saturated heterocycles. The molecular weight excluding hydrogens is 174 g/mol. The van der Waals surface area contributed by atoms with Crippen LogP contribution < -0.4 is 5.32 Å². The Morgan fingerprint density at radius 2 is 1.92 bits per heavy atom. The van der Waals surface area contributed by atoms with Crippen LogP contribution in [0.5, 0.6) is 0 Å². The summed E-state index contributed by atoms with van der Waals surface area (Å²) in [7, 11) is 0. The van der Waals surface area contributed by atoms with E-state index >= 15 is 0 Å². The van der Waals surface area contributed by atoms with Gasteiger partial charge in [0, 0.05) is 16.7 Å². The summed E-state index contributed by atoms with van der Waals surface area (Å²) in [6.45, 7) is 0. The Hall–Kier alpha value is -1.28. The molecule has 0 radical (unpaired) electrons. The van der Waals surface area contributed by atoms with Gasteiger partial charge in [-0.3, -0.25) is 4.79 Å². The quantitative estimate of drug-likeness (QED) is 0.648. The van der Waals surface area contributed by atoms with Gasteiger partial charge in [-0.15, -0.1) is 0 Å². The minimum Gasteiger partial charge on any atom is -0.321 e. The van der Waals surface area contributed by atoms with Gasteiger partial charge in [-0.1, -0.05) is 29.8 Å². The van der Waals surface area contributed by atoms with Crippen molar-refractivity contribution >= 4 is 23.2 Å². The van der Waals surface area contributed by atoms with Crippen LogP contribution in [0.2, 0.25) is 0 Å². The molecular formula is C9H6ClNO. The van der Waals surface area contributed by atoms with Crippen molar-refractivity contribution in [2.24, 2.45) is 0 Å². The summed E-state index contributed by atoms with van der Waals surface area (Å²) in [6, 6.07) is 7.34. The molecule has 0 bridgehead atoms. The third-order valence-electron chi connectivity index (χ3n) is 1.82. The molecule has 0 atom stereocenters. The molecule has 1 amide bonds. The predicted molar refractivity (Wildman–Crippen MR) is 47.7 cm³/mol. The van der Waals surface area contributed by atoms with Crippen molar-refractivity contribution in [3.8, 4) is 0 Å². The first kappa shape index (κ1) is 7.37. The van der Waals surface area contributed by atoms with E-state index in [1.54, 1.807) is 6.07 Å². The molecule has 0 fully saturated rings. The maximum absolute atomic E-state index is 11.2. The number of carbonyl (C=O) groups excluding carboxylic acids is 1. The van der Waals surface area contributed by atoms with E-state index in [9.17, 15) is 4.79 Å². The number of hydrogen-bond donors (Lipinski definition) is 1. The lowest BCUT2D eigenvalue weighted by Crippen LogP contribution is -2.11. The van der Waals surface area contributed by atoms with Crippen LogP contribution in [0, 0.1) is 0 Å². The lowest BCUT2D eigenvalue weighted by molar-refractivity contribution is 0.0981. The van der Waals surface area contributed by atoms with Crippen LogP contribution in [-0.2, 0) is 0 Å². The number of halogens is 1. The molecule has 60 valence electrons. The molecule has 0 unspecified atom stereocenters. The van der Waals surface area contributed by atoms with Crippen molar-refractivity contribution in [2.45, 2.75) is 0 Å². The number of rotatable bonds is 0. The fourth-order valence-corrected chi connectivity index (χ4v) is 1.43. The molecule has 0 aromatic heterocycles. The van der Waals surface area contributed by atoms with E-state index in [1.807, 2.05) is 18.2 Å². The zero-order valence-corrected chi connectivity index (χ0v) is 6.93. The van der Waals surface area contributed by atoms with Crippen molar-refractivity contribution in [3.05, 3.63) is 40.9 Å². The normalized spacial score (nSPS) is 17.8. The number of amides is 1. The first-order valence-corrected chi connectivity index (χ1v) is 3.97. The predicted octanol–water partition coefficient (Wildman–Crippen LogP) is 1.97. The van der Waals surface area contributed by atoms with Crippen LogP contribution in [0.4, 0.5) is 0 Å². The van der Waals surface area contributed by atoms with Gasteiger partial charge in [0.15, 0.2) is 0 Å². The van der Waals surface area contributed by atoms with E-state index < -0.39 is 0 Å². The Bertz CT molecular complexity index is 371. The summed E-state index contributed by atoms with van der Waals surface area (Å²) in [5.41, 5.74) is 3.61. The summed E-state index contributed by atoms with van der Waals surface area (Å²) >= 11 is 5.52. The number of hydrogen-bond acceptors (Lipinski definition) is 1. The number of carbonyl (C=O) groups is 1. The average molecular weight is 180 g/mol. The van der Waals surface area contributed by atoms with Crippen LogP contribution >= 0.6 is 11.6 Å². The van der Waals surface area contributed by atoms with Crippen LogP contribution in [0.25, 0.3) is 5.70 Å². The van der Waals surface area contributed by atoms with Crippen molar-refractivity contribution < 1.29 is 4.79 Å². The minimum absolute atomic E-state index is 0.0856. The van der Waals surface area contributed by atoms with Gasteiger partial charge < -0.3 is 5.32 Å². The van der Waals surface area contributed by atoms with Gasteiger partial charge >= 0.3 is 0 Å². The third-order valence-corrected chi connectivity index (χ3v) is 2.04. The van der Waals surface area contributed by atoms with E-state index in [0.717, 1.165) is 5.56 Å². The summed E-state index contributed by atoms with van der Waals surface area (Å²) in [4.78, 5) is 11.2. The second-order valence-corrected chi connectivity index (χ2v) is 2.74. The molecule has 1 N–H and O–H groups in total. The molecule has 0 aliphatic carbocycles. The monoisotopic (exact) mass is 179 g/mol. The summed E-state index contributed by atoms with van der Waals surface area (Å²) in [6.07, 6.45) is 0. The highest BCUT2D eigenvalue weighted by atomic mass is 35.5. The van der Waals surface area contributed by atoms with Crippen LogP contribution in [-0.4, -0.2) is 5.91 Å². The largest absolute Gasteiger partial charge is 0.321 e. The average Bonchev–Trinajstić information content (AvgIpc) is 2.44. The van der Waals surface area contributed by atoms with E-state index in [1.165, 1.54) is 5.54 Å². The van der Waals surface area contributed by atoms with Gasteiger partial charge in [-0.2, -0.15) is 0 Å². The Labute approximate surface area is 74.8 Å². The molecule has 1 aromatic carbocycles. The minimum atomic E-state index is -0.0856. The van der Waals surface area contributed by atoms with Crippen LogP contribution in [0.1, 0.15) is 15.9 Å². The lowest BCUT2D eigenvalue weighted by Gasteiger charge is -1.94. The number of nitrogens with one attached hydrogen (secondary N) is 1. The van der Waals surface area contributed by atoms with Gasteiger partial charge in [0.2, 0.25) is 0 Å². The summed E-state index contributed by atoms with van der Waals surface area (Å²) in [5.74, 6) is -0.0856. The number of fused-ring (bicyclic) bond motifs is 1. The Morgan fingerprint density at radius 1 is 1.25 bits per heavy atom. The Morgan fingerprint density at radius 3 is 2.58 bits per heavy atom. The lowest BCUT2D eigenvalue weighted by atomic mass is 10.1. The first-order valence-electron chi connectivity index (χ1n) is 3.54. The molecule has 12 heavy (non-hydrogen) atoms. The fourth-order valence-electron chi connectivity index (χ4n) is 1.26. The fraction of sp³-hybridized carbons (Fsp3) is 0. The second-order valence-electron chi connectivity index (χ2n) is 2.52. The van der Waals surface area contributed by atoms with E-state index in [-0.39, 0.29) is 5.91 Å². The third kappa shape index (κ3) is 0.924. The molecule has 0 saturated carbocycles. The highest BCUT2D eigenvalue weighted by Crippen LogP contribution is 2.23. The van der Waals surface area contributed by atoms with Gasteiger partial charge in [0.25, 0.3) is 5.91 Å². The van der Waals surface area contributed by atoms with E-state index in [0.29, 0.717) is 11.3 Å². The van der Waals surface area contributed by atoms with Gasteiger partial charge in [-0.25, -0.2) is 0 Å². The van der Waals surface area contributed by atoms with Gasteiger partial charge in [-0.05, 0) is 6.07 Å². The molecule has 2 nitrogen and oxygen atoms in total. The zero-order chi connectivity index (χ0) is 8.55. The molecule has 3 heteroatoms. The van der Waals surface area contributed by atoms with Crippen molar-refractivity contribution in [1.29, 1.82) is 0 Å². The topological polar surface area (TPSA) is 29.1 Å². The zero-order valence-electron chi connectivity index (χ0n) is 6.17. The van der Waals surface area contributed by atoms with Crippen LogP contribution in [0.3, 0.4) is 0 Å². The SMILES string of the molecule is O=C1N/C(=C\Cl)c2ccccc21. The summed E-state index contributed by atoms with van der Waals surface area (Å²) in [5, 5.41) is 2.66. The highest BCUT2D eigenvalue weighted by molar-refractivity contribution is 6.29. The molecule has 2 rings (SSSR count). The molecule has 1 aromatic rings. The molecule has 1 heterocycles. The Balaban J connectivity index is 2.65. The highest BCUT2D eigenvalue weighted by Gasteiger charge is 2.21. The number of benzene rings is 1. The standard InChI is InChI=1S/C9H6ClNO/c10-5-8-6-3-1-2-4-7(6)9(12)11-8/h1-5H,(H,11,12)/b8-5-. The Kier molecular flexibility index (Phi) is 1.62. The smallest absolute Gasteiger partial charge is 0.256 e. The van der Waals surface area contributed by atoms with Gasteiger partial charge in [0.05, 0.1) is 5.70 Å².